The predicted molar refractivity (Wildman–Crippen MR) is 70.3 cm³/mol. The van der Waals surface area contributed by atoms with Gasteiger partial charge in [-0.15, -0.1) is 0 Å². The fourth-order valence-corrected chi connectivity index (χ4v) is 1.87. The molecule has 0 fully saturated rings. The monoisotopic (exact) mass is 323 g/mol. The summed E-state index contributed by atoms with van der Waals surface area (Å²) < 4.78 is 26.8. The van der Waals surface area contributed by atoms with Crippen LogP contribution in [0.3, 0.4) is 0 Å². The third-order valence-electron chi connectivity index (χ3n) is 2.48. The van der Waals surface area contributed by atoms with Crippen LogP contribution in [0.25, 0.3) is 0 Å². The smallest absolute Gasteiger partial charge is 0.149 e. The zero-order valence-corrected chi connectivity index (χ0v) is 11.2. The Bertz CT molecular complexity index is 653. The average Bonchev–Trinajstić information content (AvgIpc) is 2.41. The molecule has 0 bridgehead atoms. The molecule has 0 unspecified atom stereocenters. The van der Waals surface area contributed by atoms with Gasteiger partial charge in [0.15, 0.2) is 0 Å². The third kappa shape index (κ3) is 3.06. The number of halogens is 3. The van der Waals surface area contributed by atoms with Crippen molar-refractivity contribution in [2.24, 2.45) is 0 Å². The molecule has 6 heteroatoms. The van der Waals surface area contributed by atoms with Gasteiger partial charge in [0.05, 0.1) is 10.2 Å². The largest absolute Gasteiger partial charge is 0.378 e. The molecule has 0 aliphatic carbocycles. The molecule has 0 saturated heterocycles. The zero-order chi connectivity index (χ0) is 13.8. The van der Waals surface area contributed by atoms with Crippen LogP contribution in [0.2, 0.25) is 0 Å². The second kappa shape index (κ2) is 5.76. The lowest BCUT2D eigenvalue weighted by atomic mass is 10.2. The highest BCUT2D eigenvalue weighted by molar-refractivity contribution is 9.10. The van der Waals surface area contributed by atoms with E-state index in [9.17, 15) is 8.78 Å². The van der Waals surface area contributed by atoms with Gasteiger partial charge in [-0.1, -0.05) is 6.07 Å². The van der Waals surface area contributed by atoms with Crippen molar-refractivity contribution in [2.45, 2.75) is 6.54 Å². The number of rotatable bonds is 3. The van der Waals surface area contributed by atoms with E-state index in [0.29, 0.717) is 5.56 Å². The topological polar surface area (TPSA) is 48.7 Å². The van der Waals surface area contributed by atoms with Crippen LogP contribution in [0.5, 0.6) is 0 Å². The standard InChI is InChI=1S/C13H8BrF2N3/c14-9-4-12(11(16)5-10(9)15)19-7-8-2-1-3-18-13(8)6-17/h1-5,19H,7H2. The van der Waals surface area contributed by atoms with Crippen LogP contribution in [0.15, 0.2) is 34.9 Å². The molecule has 3 nitrogen and oxygen atoms in total. The maximum absolute atomic E-state index is 13.5. The summed E-state index contributed by atoms with van der Waals surface area (Å²) in [5.41, 5.74) is 1.07. The Labute approximate surface area is 117 Å². The van der Waals surface area contributed by atoms with Crippen molar-refractivity contribution < 1.29 is 8.78 Å². The summed E-state index contributed by atoms with van der Waals surface area (Å²) in [6.07, 6.45) is 1.51. The number of nitrogens with zero attached hydrogens (tertiary/aromatic N) is 2. The second-order valence-corrected chi connectivity index (χ2v) is 4.58. The minimum atomic E-state index is -0.692. The summed E-state index contributed by atoms with van der Waals surface area (Å²) in [4.78, 5) is 3.90. The molecular weight excluding hydrogens is 316 g/mol. The van der Waals surface area contributed by atoms with Crippen molar-refractivity contribution >= 4 is 21.6 Å². The van der Waals surface area contributed by atoms with E-state index in [1.165, 1.54) is 12.3 Å². The van der Waals surface area contributed by atoms with E-state index in [0.717, 1.165) is 6.07 Å². The fourth-order valence-electron chi connectivity index (χ4n) is 1.53. The number of hydrogen-bond donors (Lipinski definition) is 1. The van der Waals surface area contributed by atoms with Gasteiger partial charge < -0.3 is 5.32 Å². The van der Waals surface area contributed by atoms with Crippen LogP contribution < -0.4 is 5.32 Å². The number of hydrogen-bond acceptors (Lipinski definition) is 3. The van der Waals surface area contributed by atoms with Crippen molar-refractivity contribution in [2.75, 3.05) is 5.32 Å². The first kappa shape index (κ1) is 13.4. The van der Waals surface area contributed by atoms with E-state index >= 15 is 0 Å². The van der Waals surface area contributed by atoms with Crippen LogP contribution in [0.1, 0.15) is 11.3 Å². The van der Waals surface area contributed by atoms with Crippen LogP contribution >= 0.6 is 15.9 Å². The van der Waals surface area contributed by atoms with Crippen molar-refractivity contribution in [1.82, 2.24) is 4.98 Å². The van der Waals surface area contributed by atoms with Crippen molar-refractivity contribution in [3.63, 3.8) is 0 Å². The summed E-state index contributed by atoms with van der Waals surface area (Å²) in [5.74, 6) is -1.36. The van der Waals surface area contributed by atoms with Crippen LogP contribution in [-0.2, 0) is 6.54 Å². The van der Waals surface area contributed by atoms with Crippen molar-refractivity contribution in [3.8, 4) is 6.07 Å². The molecule has 1 aromatic carbocycles. The molecule has 0 saturated carbocycles. The zero-order valence-electron chi connectivity index (χ0n) is 9.62. The molecule has 0 radical (unpaired) electrons. The number of benzene rings is 1. The minimum Gasteiger partial charge on any atom is -0.378 e. The van der Waals surface area contributed by atoms with Gasteiger partial charge >= 0.3 is 0 Å². The first-order valence-electron chi connectivity index (χ1n) is 5.34. The average molecular weight is 324 g/mol. The summed E-state index contributed by atoms with van der Waals surface area (Å²) in [6.45, 7) is 0.228. The Morgan fingerprint density at radius 3 is 2.84 bits per heavy atom. The molecule has 0 aliphatic heterocycles. The summed E-state index contributed by atoms with van der Waals surface area (Å²) in [7, 11) is 0. The predicted octanol–water partition coefficient (Wildman–Crippen LogP) is 3.61. The number of nitriles is 1. The van der Waals surface area contributed by atoms with Gasteiger partial charge in [0.2, 0.25) is 0 Å². The van der Waals surface area contributed by atoms with E-state index in [-0.39, 0.29) is 22.4 Å². The molecule has 0 atom stereocenters. The van der Waals surface area contributed by atoms with E-state index in [1.54, 1.807) is 12.1 Å². The Hall–Kier alpha value is -2.00. The molecule has 0 amide bonds. The third-order valence-corrected chi connectivity index (χ3v) is 3.08. The van der Waals surface area contributed by atoms with Gasteiger partial charge in [-0.25, -0.2) is 13.8 Å². The van der Waals surface area contributed by atoms with E-state index in [4.69, 9.17) is 5.26 Å². The molecule has 96 valence electrons. The Balaban J connectivity index is 2.20. The Morgan fingerprint density at radius 1 is 1.32 bits per heavy atom. The highest BCUT2D eigenvalue weighted by Crippen LogP contribution is 2.24. The van der Waals surface area contributed by atoms with Gasteiger partial charge in [-0.05, 0) is 28.1 Å². The number of aromatic nitrogens is 1. The van der Waals surface area contributed by atoms with Crippen LogP contribution in [0.4, 0.5) is 14.5 Å². The Morgan fingerprint density at radius 2 is 2.11 bits per heavy atom. The molecule has 19 heavy (non-hydrogen) atoms. The maximum atomic E-state index is 13.5. The van der Waals surface area contributed by atoms with E-state index in [2.05, 4.69) is 26.2 Å². The molecule has 0 spiro atoms. The van der Waals surface area contributed by atoms with E-state index < -0.39 is 11.6 Å². The lowest BCUT2D eigenvalue weighted by molar-refractivity contribution is 0.580. The SMILES string of the molecule is N#Cc1ncccc1CNc1cc(Br)c(F)cc1F. The molecule has 1 aromatic heterocycles. The molecule has 0 aliphatic rings. The first-order chi connectivity index (χ1) is 9.11. The maximum Gasteiger partial charge on any atom is 0.149 e. The minimum absolute atomic E-state index is 0.154. The number of pyridine rings is 1. The van der Waals surface area contributed by atoms with Gasteiger partial charge in [-0.3, -0.25) is 0 Å². The van der Waals surface area contributed by atoms with Gasteiger partial charge in [-0.2, -0.15) is 5.26 Å². The van der Waals surface area contributed by atoms with Gasteiger partial charge in [0.25, 0.3) is 0 Å². The molecular formula is C13H8BrF2N3. The fraction of sp³-hybridized carbons (Fsp3) is 0.0769. The normalized spacial score (nSPS) is 10.0. The first-order valence-corrected chi connectivity index (χ1v) is 6.13. The van der Waals surface area contributed by atoms with Gasteiger partial charge in [0, 0.05) is 24.4 Å². The molecule has 2 aromatic rings. The summed E-state index contributed by atoms with van der Waals surface area (Å²) in [6, 6.07) is 7.46. The highest BCUT2D eigenvalue weighted by atomic mass is 79.9. The quantitative estimate of drug-likeness (QED) is 0.878. The summed E-state index contributed by atoms with van der Waals surface area (Å²) >= 11 is 2.99. The second-order valence-electron chi connectivity index (χ2n) is 3.72. The number of anilines is 1. The van der Waals surface area contributed by atoms with Gasteiger partial charge in [0.1, 0.15) is 23.4 Å². The van der Waals surface area contributed by atoms with Crippen LogP contribution in [0, 0.1) is 23.0 Å². The Kier molecular flexibility index (Phi) is 4.07. The van der Waals surface area contributed by atoms with Crippen molar-refractivity contribution in [3.05, 3.63) is 57.8 Å². The highest BCUT2D eigenvalue weighted by Gasteiger charge is 2.09. The van der Waals surface area contributed by atoms with Crippen molar-refractivity contribution in [1.29, 1.82) is 5.26 Å². The van der Waals surface area contributed by atoms with E-state index in [1.807, 2.05) is 6.07 Å². The molecule has 1 heterocycles. The number of nitrogens with one attached hydrogen (secondary N) is 1. The lowest BCUT2D eigenvalue weighted by Crippen LogP contribution is -2.04. The van der Waals surface area contributed by atoms with Crippen LogP contribution in [-0.4, -0.2) is 4.98 Å². The molecule has 2 rings (SSSR count). The lowest BCUT2D eigenvalue weighted by Gasteiger charge is -2.09. The summed E-state index contributed by atoms with van der Waals surface area (Å²) in [5, 5.41) is 11.7. The molecule has 1 N–H and O–H groups in total.